The number of nitrogens with one attached hydrogen (secondary N) is 1. The number of hydrogen-bond donors (Lipinski definition) is 1. The lowest BCUT2D eigenvalue weighted by Gasteiger charge is -2.24. The van der Waals surface area contributed by atoms with Crippen LogP contribution in [0.15, 0.2) is 24.3 Å². The van der Waals surface area contributed by atoms with Gasteiger partial charge < -0.3 is 10.1 Å². The van der Waals surface area contributed by atoms with Gasteiger partial charge in [-0.25, -0.2) is 0 Å². The van der Waals surface area contributed by atoms with Crippen LogP contribution in [0, 0.1) is 0 Å². The van der Waals surface area contributed by atoms with Crippen LogP contribution in [0.2, 0.25) is 0 Å². The lowest BCUT2D eigenvalue weighted by Crippen LogP contribution is -2.38. The quantitative estimate of drug-likeness (QED) is 0.790. The Morgan fingerprint density at radius 2 is 1.90 bits per heavy atom. The van der Waals surface area contributed by atoms with Gasteiger partial charge in [0.15, 0.2) is 0 Å². The van der Waals surface area contributed by atoms with Crippen molar-refractivity contribution in [2.45, 2.75) is 45.7 Å². The highest BCUT2D eigenvalue weighted by Gasteiger charge is 2.17. The average molecular weight is 276 g/mol. The highest BCUT2D eigenvalue weighted by molar-refractivity contribution is 5.27. The summed E-state index contributed by atoms with van der Waals surface area (Å²) in [6.45, 7) is 9.78. The van der Waals surface area contributed by atoms with E-state index in [1.165, 1.54) is 31.5 Å². The molecule has 0 aromatic heterocycles. The molecular weight excluding hydrogens is 248 g/mol. The molecule has 20 heavy (non-hydrogen) atoms. The van der Waals surface area contributed by atoms with Crippen molar-refractivity contribution in [2.75, 3.05) is 26.2 Å². The Morgan fingerprint density at radius 3 is 2.55 bits per heavy atom. The summed E-state index contributed by atoms with van der Waals surface area (Å²) < 4.78 is 5.59. The number of likely N-dealkylation sites (tertiary alicyclic amines) is 1. The number of ether oxygens (including phenoxy) is 1. The molecule has 1 aromatic carbocycles. The van der Waals surface area contributed by atoms with E-state index in [-0.39, 0.29) is 0 Å². The van der Waals surface area contributed by atoms with E-state index in [1.54, 1.807) is 0 Å². The molecule has 1 aliphatic rings. The summed E-state index contributed by atoms with van der Waals surface area (Å²) in [5.74, 6) is 0.973. The molecule has 112 valence electrons. The maximum atomic E-state index is 5.59. The summed E-state index contributed by atoms with van der Waals surface area (Å²) in [5.41, 5.74) is 1.32. The SMILES string of the molecule is CCCOc1ccc(CNCC(C)N2CCCC2)cc1. The van der Waals surface area contributed by atoms with Crippen LogP contribution in [-0.2, 0) is 6.54 Å². The third kappa shape index (κ3) is 4.80. The lowest BCUT2D eigenvalue weighted by molar-refractivity contribution is 0.251. The van der Waals surface area contributed by atoms with Crippen molar-refractivity contribution in [1.29, 1.82) is 0 Å². The lowest BCUT2D eigenvalue weighted by atomic mass is 10.2. The smallest absolute Gasteiger partial charge is 0.119 e. The minimum absolute atomic E-state index is 0.643. The van der Waals surface area contributed by atoms with Crippen molar-refractivity contribution in [2.24, 2.45) is 0 Å². The zero-order valence-electron chi connectivity index (χ0n) is 12.9. The number of rotatable bonds is 8. The van der Waals surface area contributed by atoms with E-state index in [2.05, 4.69) is 48.3 Å². The first-order valence-corrected chi connectivity index (χ1v) is 7.96. The van der Waals surface area contributed by atoms with Gasteiger partial charge in [0, 0.05) is 19.1 Å². The molecule has 0 spiro atoms. The first-order chi connectivity index (χ1) is 9.79. The van der Waals surface area contributed by atoms with Crippen LogP contribution >= 0.6 is 0 Å². The fraction of sp³-hybridized carbons (Fsp3) is 0.647. The van der Waals surface area contributed by atoms with Gasteiger partial charge in [0.05, 0.1) is 6.61 Å². The second kappa shape index (κ2) is 8.28. The average Bonchev–Trinajstić information content (AvgIpc) is 3.00. The predicted octanol–water partition coefficient (Wildman–Crippen LogP) is 3.05. The minimum atomic E-state index is 0.643. The van der Waals surface area contributed by atoms with Gasteiger partial charge in [-0.15, -0.1) is 0 Å². The van der Waals surface area contributed by atoms with Crippen LogP contribution in [0.3, 0.4) is 0 Å². The summed E-state index contributed by atoms with van der Waals surface area (Å²) in [4.78, 5) is 2.58. The van der Waals surface area contributed by atoms with Crippen LogP contribution in [-0.4, -0.2) is 37.2 Å². The molecule has 1 atom stereocenters. The van der Waals surface area contributed by atoms with E-state index in [9.17, 15) is 0 Å². The standard InChI is InChI=1S/C17H28N2O/c1-3-12-20-17-8-6-16(7-9-17)14-18-13-15(2)19-10-4-5-11-19/h6-9,15,18H,3-5,10-14H2,1-2H3. The van der Waals surface area contributed by atoms with Crippen molar-refractivity contribution in [3.05, 3.63) is 29.8 Å². The molecule has 3 heteroatoms. The molecule has 3 nitrogen and oxygen atoms in total. The molecule has 1 saturated heterocycles. The molecule has 0 saturated carbocycles. The topological polar surface area (TPSA) is 24.5 Å². The van der Waals surface area contributed by atoms with Crippen molar-refractivity contribution in [3.8, 4) is 5.75 Å². The second-order valence-electron chi connectivity index (χ2n) is 5.72. The first kappa shape index (κ1) is 15.3. The van der Waals surface area contributed by atoms with Crippen LogP contribution < -0.4 is 10.1 Å². The van der Waals surface area contributed by atoms with Gasteiger partial charge >= 0.3 is 0 Å². The molecule has 1 heterocycles. The maximum absolute atomic E-state index is 5.59. The molecular formula is C17H28N2O. The van der Waals surface area contributed by atoms with Crippen LogP contribution in [0.25, 0.3) is 0 Å². The number of benzene rings is 1. The third-order valence-corrected chi connectivity index (χ3v) is 3.93. The van der Waals surface area contributed by atoms with Gasteiger partial charge in [0.2, 0.25) is 0 Å². The largest absolute Gasteiger partial charge is 0.494 e. The Kier molecular flexibility index (Phi) is 6.34. The molecule has 0 aliphatic carbocycles. The number of hydrogen-bond acceptors (Lipinski definition) is 3. The monoisotopic (exact) mass is 276 g/mol. The van der Waals surface area contributed by atoms with Gasteiger partial charge in [0.25, 0.3) is 0 Å². The van der Waals surface area contributed by atoms with Gasteiger partial charge in [-0.05, 0) is 57.0 Å². The fourth-order valence-electron chi connectivity index (χ4n) is 2.66. The van der Waals surface area contributed by atoms with E-state index < -0.39 is 0 Å². The highest BCUT2D eigenvalue weighted by atomic mass is 16.5. The van der Waals surface area contributed by atoms with E-state index in [0.29, 0.717) is 6.04 Å². The molecule has 1 N–H and O–H groups in total. The van der Waals surface area contributed by atoms with E-state index in [4.69, 9.17) is 4.74 Å². The summed E-state index contributed by atoms with van der Waals surface area (Å²) in [6.07, 6.45) is 3.78. The van der Waals surface area contributed by atoms with Crippen molar-refractivity contribution in [3.63, 3.8) is 0 Å². The summed E-state index contributed by atoms with van der Waals surface area (Å²) in [6, 6.07) is 9.08. The Bertz CT molecular complexity index is 371. The molecule has 1 fully saturated rings. The maximum Gasteiger partial charge on any atom is 0.119 e. The van der Waals surface area contributed by atoms with Crippen LogP contribution in [0.5, 0.6) is 5.75 Å². The molecule has 1 unspecified atom stereocenters. The molecule has 1 aliphatic heterocycles. The normalized spacial score (nSPS) is 17.3. The fourth-order valence-corrected chi connectivity index (χ4v) is 2.66. The van der Waals surface area contributed by atoms with Gasteiger partial charge in [-0.2, -0.15) is 0 Å². The molecule has 2 rings (SSSR count). The molecule has 0 radical (unpaired) electrons. The zero-order valence-corrected chi connectivity index (χ0v) is 12.9. The van der Waals surface area contributed by atoms with Gasteiger partial charge in [-0.1, -0.05) is 19.1 Å². The Hall–Kier alpha value is -1.06. The molecule has 0 bridgehead atoms. The summed E-state index contributed by atoms with van der Waals surface area (Å²) >= 11 is 0. The Balaban J connectivity index is 1.68. The van der Waals surface area contributed by atoms with Crippen LogP contribution in [0.4, 0.5) is 0 Å². The zero-order chi connectivity index (χ0) is 14.2. The highest BCUT2D eigenvalue weighted by Crippen LogP contribution is 2.13. The third-order valence-electron chi connectivity index (χ3n) is 3.93. The Labute approximate surface area is 123 Å². The Morgan fingerprint density at radius 1 is 1.20 bits per heavy atom. The summed E-state index contributed by atoms with van der Waals surface area (Å²) in [5, 5.41) is 3.56. The summed E-state index contributed by atoms with van der Waals surface area (Å²) in [7, 11) is 0. The second-order valence-corrected chi connectivity index (χ2v) is 5.72. The van der Waals surface area contributed by atoms with E-state index >= 15 is 0 Å². The van der Waals surface area contributed by atoms with Gasteiger partial charge in [0.1, 0.15) is 5.75 Å². The minimum Gasteiger partial charge on any atom is -0.494 e. The van der Waals surface area contributed by atoms with Gasteiger partial charge in [-0.3, -0.25) is 4.90 Å². The number of nitrogens with zero attached hydrogens (tertiary/aromatic N) is 1. The van der Waals surface area contributed by atoms with Crippen molar-refractivity contribution in [1.82, 2.24) is 10.2 Å². The predicted molar refractivity (Wildman–Crippen MR) is 84.2 cm³/mol. The molecule has 1 aromatic rings. The van der Waals surface area contributed by atoms with Crippen molar-refractivity contribution >= 4 is 0 Å². The molecule has 0 amide bonds. The van der Waals surface area contributed by atoms with Crippen molar-refractivity contribution < 1.29 is 4.74 Å². The van der Waals surface area contributed by atoms with Crippen LogP contribution in [0.1, 0.15) is 38.7 Å². The first-order valence-electron chi connectivity index (χ1n) is 7.96. The van der Waals surface area contributed by atoms with E-state index in [0.717, 1.165) is 31.9 Å². The van der Waals surface area contributed by atoms with E-state index in [1.807, 2.05) is 0 Å².